The summed E-state index contributed by atoms with van der Waals surface area (Å²) in [6.45, 7) is 6.09. The van der Waals surface area contributed by atoms with Crippen molar-refractivity contribution in [1.29, 1.82) is 0 Å². The molecule has 6 heteroatoms. The Bertz CT molecular complexity index is 961. The fraction of sp³-hybridized carbons (Fsp3) is 0.440. The van der Waals surface area contributed by atoms with Crippen LogP contribution in [0.2, 0.25) is 0 Å². The van der Waals surface area contributed by atoms with E-state index >= 15 is 0 Å². The highest BCUT2D eigenvalue weighted by Gasteiger charge is 2.41. The van der Waals surface area contributed by atoms with Gasteiger partial charge >= 0.3 is 6.09 Å². The Labute approximate surface area is 182 Å². The number of carbonyl (C=O) groups is 2. The first-order valence-corrected chi connectivity index (χ1v) is 10.8. The first-order chi connectivity index (χ1) is 14.7. The van der Waals surface area contributed by atoms with Gasteiger partial charge in [0.15, 0.2) is 0 Å². The van der Waals surface area contributed by atoms with E-state index in [1.54, 1.807) is 12.1 Å². The van der Waals surface area contributed by atoms with Gasteiger partial charge in [0.2, 0.25) is 5.91 Å². The molecule has 164 valence electrons. The summed E-state index contributed by atoms with van der Waals surface area (Å²) in [5.41, 5.74) is 2.67. The monoisotopic (exact) mass is 424 g/mol. The van der Waals surface area contributed by atoms with Crippen LogP contribution < -0.4 is 5.32 Å². The largest absolute Gasteiger partial charge is 0.444 e. The molecule has 5 nitrogen and oxygen atoms in total. The van der Waals surface area contributed by atoms with Gasteiger partial charge in [0.05, 0.1) is 6.04 Å². The number of nitrogens with one attached hydrogen (secondary N) is 1. The minimum atomic E-state index is -0.549. The number of hydrogen-bond donors (Lipinski definition) is 1. The summed E-state index contributed by atoms with van der Waals surface area (Å²) in [4.78, 5) is 27.3. The highest BCUT2D eigenvalue weighted by Crippen LogP contribution is 2.39. The molecule has 1 heterocycles. The molecule has 2 aromatic rings. The Morgan fingerprint density at radius 1 is 1.06 bits per heavy atom. The average Bonchev–Trinajstić information content (AvgIpc) is 2.68. The third-order valence-electron chi connectivity index (χ3n) is 5.96. The lowest BCUT2D eigenvalue weighted by molar-refractivity contribution is -0.141. The number of halogens is 1. The fourth-order valence-electron chi connectivity index (χ4n) is 4.45. The van der Waals surface area contributed by atoms with Gasteiger partial charge < -0.3 is 15.0 Å². The van der Waals surface area contributed by atoms with E-state index in [9.17, 15) is 14.0 Å². The molecule has 0 spiro atoms. The van der Waals surface area contributed by atoms with Crippen LogP contribution in [0.3, 0.4) is 0 Å². The second kappa shape index (κ2) is 8.33. The molecule has 0 saturated heterocycles. The van der Waals surface area contributed by atoms with Crippen LogP contribution >= 0.6 is 0 Å². The van der Waals surface area contributed by atoms with Gasteiger partial charge in [0.25, 0.3) is 0 Å². The molecule has 2 amide bonds. The molecule has 31 heavy (non-hydrogen) atoms. The standard InChI is InChI=1S/C25H29FN2O3/c1-25(2,3)31-24(30)27-20-14-18(15-20)23(29)28-13-12-16-6-4-5-7-21(16)22(28)17-8-10-19(26)11-9-17/h4-11,18,20,22H,12-15H2,1-3H3,(H,27,30)/t18-,20-,22-/m0/s1. The molecule has 2 aromatic carbocycles. The second-order valence-electron chi connectivity index (χ2n) is 9.45. The van der Waals surface area contributed by atoms with Crippen LogP contribution in [-0.4, -0.2) is 35.1 Å². The number of benzene rings is 2. The minimum absolute atomic E-state index is 0.0508. The average molecular weight is 425 g/mol. The van der Waals surface area contributed by atoms with Gasteiger partial charge in [0, 0.05) is 18.5 Å². The van der Waals surface area contributed by atoms with Gasteiger partial charge in [-0.15, -0.1) is 0 Å². The lowest BCUT2D eigenvalue weighted by Gasteiger charge is -2.43. The second-order valence-corrected chi connectivity index (χ2v) is 9.45. The summed E-state index contributed by atoms with van der Waals surface area (Å²) < 4.78 is 18.8. The number of amides is 2. The summed E-state index contributed by atoms with van der Waals surface area (Å²) in [7, 11) is 0. The molecule has 0 radical (unpaired) electrons. The number of ether oxygens (including phenoxy) is 1. The van der Waals surface area contributed by atoms with Crippen LogP contribution in [0, 0.1) is 11.7 Å². The number of fused-ring (bicyclic) bond motifs is 1. The summed E-state index contributed by atoms with van der Waals surface area (Å²) in [5, 5.41) is 2.85. The Morgan fingerprint density at radius 2 is 1.74 bits per heavy atom. The normalized spacial score (nSPS) is 22.8. The molecule has 1 aliphatic carbocycles. The van der Waals surface area contributed by atoms with Crippen LogP contribution in [0.4, 0.5) is 9.18 Å². The molecule has 1 saturated carbocycles. The molecule has 1 aliphatic heterocycles. The molecule has 0 bridgehead atoms. The summed E-state index contributed by atoms with van der Waals surface area (Å²) in [6.07, 6.45) is 1.56. The number of alkyl carbamates (subject to hydrolysis) is 1. The summed E-state index contributed by atoms with van der Waals surface area (Å²) >= 11 is 0. The maximum Gasteiger partial charge on any atom is 0.407 e. The number of carbonyl (C=O) groups excluding carboxylic acids is 2. The molecule has 1 fully saturated rings. The lowest BCUT2D eigenvalue weighted by atomic mass is 9.78. The first kappa shape index (κ1) is 21.3. The van der Waals surface area contributed by atoms with Crippen molar-refractivity contribution in [2.45, 2.75) is 57.7 Å². The van der Waals surface area contributed by atoms with Gasteiger partial charge in [-0.25, -0.2) is 9.18 Å². The van der Waals surface area contributed by atoms with Crippen molar-refractivity contribution in [1.82, 2.24) is 10.2 Å². The predicted octanol–water partition coefficient (Wildman–Crippen LogP) is 4.60. The highest BCUT2D eigenvalue weighted by atomic mass is 19.1. The molecule has 1 N–H and O–H groups in total. The maximum absolute atomic E-state index is 13.5. The van der Waals surface area contributed by atoms with Gasteiger partial charge in [-0.2, -0.15) is 0 Å². The Morgan fingerprint density at radius 3 is 2.42 bits per heavy atom. The van der Waals surface area contributed by atoms with E-state index in [1.807, 2.05) is 37.8 Å². The van der Waals surface area contributed by atoms with Crippen LogP contribution in [0.15, 0.2) is 48.5 Å². The van der Waals surface area contributed by atoms with Gasteiger partial charge in [0.1, 0.15) is 11.4 Å². The van der Waals surface area contributed by atoms with Gasteiger partial charge in [-0.3, -0.25) is 4.79 Å². The van der Waals surface area contributed by atoms with Crippen LogP contribution in [0.5, 0.6) is 0 Å². The highest BCUT2D eigenvalue weighted by molar-refractivity contribution is 5.82. The van der Waals surface area contributed by atoms with Crippen molar-refractivity contribution in [3.05, 3.63) is 71.0 Å². The molecule has 0 aromatic heterocycles. The first-order valence-electron chi connectivity index (χ1n) is 10.8. The molecule has 1 atom stereocenters. The minimum Gasteiger partial charge on any atom is -0.444 e. The number of hydrogen-bond acceptors (Lipinski definition) is 3. The van der Waals surface area contributed by atoms with E-state index < -0.39 is 11.7 Å². The zero-order chi connectivity index (χ0) is 22.2. The smallest absolute Gasteiger partial charge is 0.407 e. The van der Waals surface area contributed by atoms with E-state index in [1.165, 1.54) is 17.7 Å². The molecule has 0 unspecified atom stereocenters. The molecule has 2 aliphatic rings. The van der Waals surface area contributed by atoms with E-state index in [0.717, 1.165) is 17.5 Å². The maximum atomic E-state index is 13.5. The van der Waals surface area contributed by atoms with Crippen molar-refractivity contribution in [2.24, 2.45) is 5.92 Å². The van der Waals surface area contributed by atoms with Crippen LogP contribution in [-0.2, 0) is 16.0 Å². The van der Waals surface area contributed by atoms with E-state index in [4.69, 9.17) is 4.74 Å². The topological polar surface area (TPSA) is 58.6 Å². The third-order valence-corrected chi connectivity index (χ3v) is 5.96. The quantitative estimate of drug-likeness (QED) is 0.783. The van der Waals surface area contributed by atoms with Crippen molar-refractivity contribution < 1.29 is 18.7 Å². The Kier molecular flexibility index (Phi) is 5.73. The molecular formula is C25H29FN2O3. The summed E-state index contributed by atoms with van der Waals surface area (Å²) in [6, 6.07) is 14.3. The summed E-state index contributed by atoms with van der Waals surface area (Å²) in [5.74, 6) is -0.333. The molecule has 4 rings (SSSR count). The fourth-order valence-corrected chi connectivity index (χ4v) is 4.45. The van der Waals surface area contributed by atoms with Crippen LogP contribution in [0.1, 0.15) is 56.3 Å². The SMILES string of the molecule is CC(C)(C)OC(=O)N[C@H]1C[C@H](C(=O)N2CCc3ccccc3[C@@H]2c2ccc(F)cc2)C1. The third kappa shape index (κ3) is 4.73. The van der Waals surface area contributed by atoms with Crippen molar-refractivity contribution >= 4 is 12.0 Å². The predicted molar refractivity (Wildman–Crippen MR) is 116 cm³/mol. The molecular weight excluding hydrogens is 395 g/mol. The number of nitrogens with zero attached hydrogens (tertiary/aromatic N) is 1. The van der Waals surface area contributed by atoms with Crippen molar-refractivity contribution in [2.75, 3.05) is 6.54 Å². The van der Waals surface area contributed by atoms with Gasteiger partial charge in [-0.1, -0.05) is 36.4 Å². The van der Waals surface area contributed by atoms with Crippen molar-refractivity contribution in [3.63, 3.8) is 0 Å². The zero-order valence-electron chi connectivity index (χ0n) is 18.2. The lowest BCUT2D eigenvalue weighted by Crippen LogP contribution is -2.52. The van der Waals surface area contributed by atoms with E-state index in [2.05, 4.69) is 17.4 Å². The van der Waals surface area contributed by atoms with E-state index in [0.29, 0.717) is 19.4 Å². The van der Waals surface area contributed by atoms with Crippen LogP contribution in [0.25, 0.3) is 0 Å². The van der Waals surface area contributed by atoms with Crippen molar-refractivity contribution in [3.8, 4) is 0 Å². The van der Waals surface area contributed by atoms with E-state index in [-0.39, 0.29) is 29.7 Å². The Balaban J connectivity index is 1.47. The Hall–Kier alpha value is -2.89. The van der Waals surface area contributed by atoms with Gasteiger partial charge in [-0.05, 0) is 68.9 Å². The number of rotatable bonds is 3. The zero-order valence-corrected chi connectivity index (χ0v) is 18.2.